The highest BCUT2D eigenvalue weighted by molar-refractivity contribution is 6.09. The third kappa shape index (κ3) is 4.14. The van der Waals surface area contributed by atoms with E-state index in [0.29, 0.717) is 17.7 Å². The average molecular weight is 280 g/mol. The molecule has 0 saturated heterocycles. The fourth-order valence-corrected chi connectivity index (χ4v) is 1.89. The zero-order valence-electron chi connectivity index (χ0n) is 11.8. The lowest BCUT2D eigenvalue weighted by Gasteiger charge is -2.02. The molecule has 0 spiro atoms. The summed E-state index contributed by atoms with van der Waals surface area (Å²) in [7, 11) is 0. The molecule has 0 aliphatic heterocycles. The molecule has 0 radical (unpaired) electrons. The summed E-state index contributed by atoms with van der Waals surface area (Å²) >= 11 is 0. The van der Waals surface area contributed by atoms with Crippen molar-refractivity contribution in [1.29, 1.82) is 0 Å². The lowest BCUT2D eigenvalue weighted by molar-refractivity contribution is -0.137. The first-order valence-electron chi connectivity index (χ1n) is 6.75. The maximum atomic E-state index is 12.3. The van der Waals surface area contributed by atoms with Crippen molar-refractivity contribution in [3.8, 4) is 0 Å². The Labute approximate surface area is 123 Å². The standard InChI is InChI=1S/C18H16O3/c1-2-21-17(19)12-11-14-7-6-10-16(13-14)18(20)15-8-4-3-5-9-15/h3-13H,2H2,1H3/b12-11+. The van der Waals surface area contributed by atoms with Gasteiger partial charge in [0.2, 0.25) is 0 Å². The summed E-state index contributed by atoms with van der Waals surface area (Å²) in [5.41, 5.74) is 2.01. The first kappa shape index (κ1) is 14.7. The highest BCUT2D eigenvalue weighted by atomic mass is 16.5. The number of carbonyl (C=O) groups excluding carboxylic acids is 2. The van der Waals surface area contributed by atoms with E-state index in [1.165, 1.54) is 6.08 Å². The Balaban J connectivity index is 2.18. The van der Waals surface area contributed by atoms with Gasteiger partial charge in [-0.15, -0.1) is 0 Å². The van der Waals surface area contributed by atoms with E-state index in [1.54, 1.807) is 43.3 Å². The van der Waals surface area contributed by atoms with Crippen molar-refractivity contribution in [2.75, 3.05) is 6.61 Å². The van der Waals surface area contributed by atoms with E-state index >= 15 is 0 Å². The molecule has 0 saturated carbocycles. The smallest absolute Gasteiger partial charge is 0.330 e. The molecule has 0 amide bonds. The van der Waals surface area contributed by atoms with Gasteiger partial charge in [-0.25, -0.2) is 4.79 Å². The number of ketones is 1. The van der Waals surface area contributed by atoms with Crippen molar-refractivity contribution < 1.29 is 14.3 Å². The molecule has 2 aromatic rings. The molecule has 0 unspecified atom stereocenters. The molecule has 0 aromatic heterocycles. The lowest BCUT2D eigenvalue weighted by atomic mass is 10.0. The number of hydrogen-bond donors (Lipinski definition) is 0. The molecular formula is C18H16O3. The van der Waals surface area contributed by atoms with Crippen LogP contribution in [0.4, 0.5) is 0 Å². The quantitative estimate of drug-likeness (QED) is 0.478. The van der Waals surface area contributed by atoms with Gasteiger partial charge in [-0.3, -0.25) is 4.79 Å². The van der Waals surface area contributed by atoms with Gasteiger partial charge >= 0.3 is 5.97 Å². The van der Waals surface area contributed by atoms with Crippen LogP contribution in [0.1, 0.15) is 28.4 Å². The first-order valence-corrected chi connectivity index (χ1v) is 6.75. The number of esters is 1. The normalized spacial score (nSPS) is 10.5. The first-order chi connectivity index (χ1) is 10.2. The van der Waals surface area contributed by atoms with Crippen LogP contribution in [0, 0.1) is 0 Å². The lowest BCUT2D eigenvalue weighted by Crippen LogP contribution is -2.01. The van der Waals surface area contributed by atoms with Gasteiger partial charge < -0.3 is 4.74 Å². The van der Waals surface area contributed by atoms with Crippen molar-refractivity contribution in [2.45, 2.75) is 6.92 Å². The number of ether oxygens (including phenoxy) is 1. The third-order valence-corrected chi connectivity index (χ3v) is 2.88. The average Bonchev–Trinajstić information content (AvgIpc) is 2.54. The summed E-state index contributed by atoms with van der Waals surface area (Å²) < 4.78 is 4.82. The molecule has 0 heterocycles. The van der Waals surface area contributed by atoms with E-state index in [9.17, 15) is 9.59 Å². The minimum atomic E-state index is -0.391. The van der Waals surface area contributed by atoms with Crippen molar-refractivity contribution in [3.63, 3.8) is 0 Å². The Hall–Kier alpha value is -2.68. The van der Waals surface area contributed by atoms with E-state index in [-0.39, 0.29) is 5.78 Å². The van der Waals surface area contributed by atoms with Crippen LogP contribution in [0.2, 0.25) is 0 Å². The summed E-state index contributed by atoms with van der Waals surface area (Å²) in [5.74, 6) is -0.431. The number of carbonyl (C=O) groups is 2. The molecule has 0 bridgehead atoms. The van der Waals surface area contributed by atoms with Gasteiger partial charge in [0.25, 0.3) is 0 Å². The van der Waals surface area contributed by atoms with Crippen LogP contribution >= 0.6 is 0 Å². The molecule has 0 atom stereocenters. The second-order valence-corrected chi connectivity index (χ2v) is 4.41. The van der Waals surface area contributed by atoms with Gasteiger partial charge in [0, 0.05) is 17.2 Å². The zero-order chi connectivity index (χ0) is 15.1. The topological polar surface area (TPSA) is 43.4 Å². The molecule has 2 rings (SSSR count). The van der Waals surface area contributed by atoms with Gasteiger partial charge in [-0.1, -0.05) is 48.5 Å². The molecule has 2 aromatic carbocycles. The number of rotatable bonds is 5. The van der Waals surface area contributed by atoms with Crippen LogP contribution in [0.5, 0.6) is 0 Å². The molecule has 106 valence electrons. The molecule has 3 nitrogen and oxygen atoms in total. The fraction of sp³-hybridized carbons (Fsp3) is 0.111. The van der Waals surface area contributed by atoms with Gasteiger partial charge in [0.05, 0.1) is 6.61 Å². The summed E-state index contributed by atoms with van der Waals surface area (Å²) in [4.78, 5) is 23.6. The molecule has 3 heteroatoms. The van der Waals surface area contributed by atoms with Gasteiger partial charge in [-0.2, -0.15) is 0 Å². The van der Waals surface area contributed by atoms with Crippen molar-refractivity contribution in [2.24, 2.45) is 0 Å². The Morgan fingerprint density at radius 1 is 1.00 bits per heavy atom. The Kier molecular flexibility index (Phi) is 5.04. The van der Waals surface area contributed by atoms with Gasteiger partial charge in [0.1, 0.15) is 0 Å². The molecule has 0 N–H and O–H groups in total. The van der Waals surface area contributed by atoms with Crippen LogP contribution in [-0.2, 0) is 9.53 Å². The SMILES string of the molecule is CCOC(=O)/C=C/c1cccc(C(=O)c2ccccc2)c1. The zero-order valence-corrected chi connectivity index (χ0v) is 11.8. The summed E-state index contributed by atoms with van der Waals surface area (Å²) in [6.07, 6.45) is 3.00. The van der Waals surface area contributed by atoms with Crippen molar-refractivity contribution in [1.82, 2.24) is 0 Å². The maximum Gasteiger partial charge on any atom is 0.330 e. The second kappa shape index (κ2) is 7.20. The summed E-state index contributed by atoms with van der Waals surface area (Å²) in [5, 5.41) is 0. The van der Waals surface area contributed by atoms with Crippen LogP contribution in [0.25, 0.3) is 6.08 Å². The van der Waals surface area contributed by atoms with Crippen LogP contribution in [0.15, 0.2) is 60.7 Å². The Bertz CT molecular complexity index is 657. The third-order valence-electron chi connectivity index (χ3n) is 2.88. The second-order valence-electron chi connectivity index (χ2n) is 4.41. The van der Waals surface area contributed by atoms with Gasteiger partial charge in [-0.05, 0) is 24.6 Å². The molecule has 0 fully saturated rings. The predicted octanol–water partition coefficient (Wildman–Crippen LogP) is 3.49. The fourth-order valence-electron chi connectivity index (χ4n) is 1.89. The van der Waals surface area contributed by atoms with Crippen LogP contribution in [0.3, 0.4) is 0 Å². The van der Waals surface area contributed by atoms with E-state index in [4.69, 9.17) is 4.74 Å². The molecule has 0 aliphatic carbocycles. The molecule has 0 aliphatic rings. The van der Waals surface area contributed by atoms with E-state index < -0.39 is 5.97 Å². The highest BCUT2D eigenvalue weighted by Crippen LogP contribution is 2.12. The maximum absolute atomic E-state index is 12.3. The summed E-state index contributed by atoms with van der Waals surface area (Å²) in [6.45, 7) is 2.10. The monoisotopic (exact) mass is 280 g/mol. The number of benzene rings is 2. The van der Waals surface area contributed by atoms with Crippen LogP contribution in [-0.4, -0.2) is 18.4 Å². The summed E-state index contributed by atoms with van der Waals surface area (Å²) in [6, 6.07) is 16.2. The van der Waals surface area contributed by atoms with Gasteiger partial charge in [0.15, 0.2) is 5.78 Å². The van der Waals surface area contributed by atoms with Crippen LogP contribution < -0.4 is 0 Å². The Morgan fingerprint density at radius 3 is 2.43 bits per heavy atom. The molecule has 21 heavy (non-hydrogen) atoms. The van der Waals surface area contributed by atoms with E-state index in [2.05, 4.69) is 0 Å². The minimum absolute atomic E-state index is 0.0398. The largest absolute Gasteiger partial charge is 0.463 e. The van der Waals surface area contributed by atoms with Crippen molar-refractivity contribution >= 4 is 17.8 Å². The number of hydrogen-bond acceptors (Lipinski definition) is 3. The minimum Gasteiger partial charge on any atom is -0.463 e. The Morgan fingerprint density at radius 2 is 1.71 bits per heavy atom. The highest BCUT2D eigenvalue weighted by Gasteiger charge is 2.08. The van der Waals surface area contributed by atoms with E-state index in [0.717, 1.165) is 5.56 Å². The predicted molar refractivity (Wildman–Crippen MR) is 82.0 cm³/mol. The van der Waals surface area contributed by atoms with E-state index in [1.807, 2.05) is 24.3 Å². The van der Waals surface area contributed by atoms with Crippen molar-refractivity contribution in [3.05, 3.63) is 77.4 Å². The molecular weight excluding hydrogens is 264 g/mol.